The van der Waals surface area contributed by atoms with Crippen molar-refractivity contribution in [3.05, 3.63) is 65.5 Å². The third-order valence-corrected chi connectivity index (χ3v) is 5.27. The van der Waals surface area contributed by atoms with E-state index < -0.39 is 0 Å². The van der Waals surface area contributed by atoms with Crippen molar-refractivity contribution >= 4 is 5.91 Å². The highest BCUT2D eigenvalue weighted by molar-refractivity contribution is 5.94. The van der Waals surface area contributed by atoms with Gasteiger partial charge in [0.2, 0.25) is 0 Å². The summed E-state index contributed by atoms with van der Waals surface area (Å²) in [5, 5.41) is 9.08. The molecule has 0 spiro atoms. The van der Waals surface area contributed by atoms with Crippen molar-refractivity contribution in [2.75, 3.05) is 13.1 Å². The number of rotatable bonds is 3. The van der Waals surface area contributed by atoms with E-state index in [0.29, 0.717) is 23.2 Å². The first-order valence-corrected chi connectivity index (χ1v) is 8.68. The summed E-state index contributed by atoms with van der Waals surface area (Å²) < 4.78 is 0. The first-order valence-electron chi connectivity index (χ1n) is 8.68. The maximum atomic E-state index is 12.7. The molecule has 2 aliphatic rings. The van der Waals surface area contributed by atoms with Crippen molar-refractivity contribution in [3.63, 3.8) is 0 Å². The molecule has 0 aliphatic carbocycles. The first kappa shape index (κ1) is 15.8. The fourth-order valence-electron chi connectivity index (χ4n) is 4.04. The highest BCUT2D eigenvalue weighted by atomic mass is 16.2. The van der Waals surface area contributed by atoms with Gasteiger partial charge in [-0.15, -0.1) is 0 Å². The largest absolute Gasteiger partial charge is 0.336 e. The number of aromatic nitrogens is 1. The van der Waals surface area contributed by atoms with Crippen LogP contribution in [0.25, 0.3) is 0 Å². The number of likely N-dealkylation sites (tertiary alicyclic amines) is 1. The molecule has 126 valence electrons. The van der Waals surface area contributed by atoms with E-state index >= 15 is 0 Å². The number of pyridine rings is 1. The summed E-state index contributed by atoms with van der Waals surface area (Å²) in [4.78, 5) is 21.2. The van der Waals surface area contributed by atoms with Crippen LogP contribution in [0.4, 0.5) is 0 Å². The minimum absolute atomic E-state index is 0.102. The molecule has 0 radical (unpaired) electrons. The van der Waals surface area contributed by atoms with Gasteiger partial charge in [-0.3, -0.25) is 14.7 Å². The molecule has 1 amide bonds. The van der Waals surface area contributed by atoms with Crippen LogP contribution in [0, 0.1) is 11.3 Å². The highest BCUT2D eigenvalue weighted by Crippen LogP contribution is 2.32. The number of nitrogens with zero attached hydrogens (tertiary/aromatic N) is 4. The number of piperazine rings is 1. The van der Waals surface area contributed by atoms with Crippen molar-refractivity contribution in [1.29, 1.82) is 5.26 Å². The molecule has 0 saturated carbocycles. The van der Waals surface area contributed by atoms with Gasteiger partial charge < -0.3 is 4.90 Å². The van der Waals surface area contributed by atoms with E-state index in [2.05, 4.69) is 22.0 Å². The summed E-state index contributed by atoms with van der Waals surface area (Å²) in [5.41, 5.74) is 2.59. The molecule has 5 heteroatoms. The van der Waals surface area contributed by atoms with E-state index in [-0.39, 0.29) is 5.91 Å². The van der Waals surface area contributed by atoms with Crippen LogP contribution in [-0.4, -0.2) is 45.9 Å². The number of amides is 1. The van der Waals surface area contributed by atoms with Crippen LogP contribution < -0.4 is 0 Å². The third kappa shape index (κ3) is 3.13. The summed E-state index contributed by atoms with van der Waals surface area (Å²) in [7, 11) is 0. The highest BCUT2D eigenvalue weighted by Gasteiger charge is 2.41. The van der Waals surface area contributed by atoms with Crippen molar-refractivity contribution in [2.24, 2.45) is 0 Å². The molecule has 2 aromatic rings. The number of hydrogen-bond acceptors (Lipinski definition) is 4. The molecule has 2 atom stereocenters. The van der Waals surface area contributed by atoms with Crippen LogP contribution in [0.1, 0.15) is 34.3 Å². The number of carbonyl (C=O) groups excluding carboxylic acids is 1. The fourth-order valence-corrected chi connectivity index (χ4v) is 4.04. The van der Waals surface area contributed by atoms with Gasteiger partial charge in [-0.05, 0) is 42.7 Å². The van der Waals surface area contributed by atoms with E-state index in [1.165, 1.54) is 5.56 Å². The molecule has 2 bridgehead atoms. The predicted octanol–water partition coefficient (Wildman–Crippen LogP) is 2.44. The number of carbonyl (C=O) groups is 1. The molecule has 2 saturated heterocycles. The second-order valence-corrected chi connectivity index (χ2v) is 6.82. The number of fused-ring (bicyclic) bond motifs is 2. The second-order valence-electron chi connectivity index (χ2n) is 6.82. The molecule has 4 rings (SSSR count). The van der Waals surface area contributed by atoms with Crippen LogP contribution in [0.15, 0.2) is 48.8 Å². The molecule has 2 aliphatic heterocycles. The van der Waals surface area contributed by atoms with Gasteiger partial charge in [0.25, 0.3) is 5.91 Å². The van der Waals surface area contributed by atoms with Gasteiger partial charge >= 0.3 is 0 Å². The Bertz CT molecular complexity index is 800. The van der Waals surface area contributed by atoms with Crippen LogP contribution in [0.5, 0.6) is 0 Å². The van der Waals surface area contributed by atoms with Crippen LogP contribution >= 0.6 is 0 Å². The van der Waals surface area contributed by atoms with Crippen molar-refractivity contribution < 1.29 is 4.79 Å². The van der Waals surface area contributed by atoms with Crippen molar-refractivity contribution in [3.8, 4) is 6.07 Å². The van der Waals surface area contributed by atoms with Gasteiger partial charge in [0.15, 0.2) is 0 Å². The van der Waals surface area contributed by atoms with Gasteiger partial charge in [-0.1, -0.05) is 12.1 Å². The minimum Gasteiger partial charge on any atom is -0.336 e. The Kier molecular flexibility index (Phi) is 4.21. The first-order chi connectivity index (χ1) is 12.2. The standard InChI is InChI=1S/C20H20N4O/c21-11-15-2-1-3-16(10-15)12-24-18-4-5-19(24)14-23(13-18)20(25)17-6-8-22-9-7-17/h1-3,6-10,18-19H,4-5,12-14H2. The molecule has 5 nitrogen and oxygen atoms in total. The number of nitriles is 1. The predicted molar refractivity (Wildman–Crippen MR) is 93.7 cm³/mol. The Morgan fingerprint density at radius 3 is 2.56 bits per heavy atom. The zero-order chi connectivity index (χ0) is 17.2. The Morgan fingerprint density at radius 1 is 1.16 bits per heavy atom. The Hall–Kier alpha value is -2.71. The number of benzene rings is 1. The normalized spacial score (nSPS) is 22.6. The average Bonchev–Trinajstić information content (AvgIpc) is 2.90. The summed E-state index contributed by atoms with van der Waals surface area (Å²) in [5.74, 6) is 0.102. The molecule has 1 aromatic carbocycles. The molecular weight excluding hydrogens is 312 g/mol. The summed E-state index contributed by atoms with van der Waals surface area (Å²) in [6.07, 6.45) is 5.59. The lowest BCUT2D eigenvalue weighted by Gasteiger charge is -2.41. The maximum absolute atomic E-state index is 12.7. The molecule has 0 N–H and O–H groups in total. The topological polar surface area (TPSA) is 60.2 Å². The zero-order valence-corrected chi connectivity index (χ0v) is 14.0. The number of hydrogen-bond donors (Lipinski definition) is 0. The Labute approximate surface area is 147 Å². The summed E-state index contributed by atoms with van der Waals surface area (Å²) in [6, 6.07) is 14.4. The molecule has 25 heavy (non-hydrogen) atoms. The van der Waals surface area contributed by atoms with Crippen LogP contribution in [0.2, 0.25) is 0 Å². The van der Waals surface area contributed by atoms with E-state index in [9.17, 15) is 4.79 Å². The van der Waals surface area contributed by atoms with E-state index in [0.717, 1.165) is 32.5 Å². The van der Waals surface area contributed by atoms with Crippen molar-refractivity contribution in [1.82, 2.24) is 14.8 Å². The van der Waals surface area contributed by atoms with Gasteiger partial charge in [0.05, 0.1) is 11.6 Å². The fraction of sp³-hybridized carbons (Fsp3) is 0.350. The molecule has 2 fully saturated rings. The van der Waals surface area contributed by atoms with Gasteiger partial charge in [0, 0.05) is 49.7 Å². The van der Waals surface area contributed by atoms with Gasteiger partial charge in [-0.25, -0.2) is 0 Å². The molecule has 1 aromatic heterocycles. The Morgan fingerprint density at radius 2 is 1.88 bits per heavy atom. The van der Waals surface area contributed by atoms with E-state index in [1.807, 2.05) is 23.1 Å². The monoisotopic (exact) mass is 332 g/mol. The van der Waals surface area contributed by atoms with Crippen LogP contribution in [0.3, 0.4) is 0 Å². The summed E-state index contributed by atoms with van der Waals surface area (Å²) >= 11 is 0. The zero-order valence-electron chi connectivity index (χ0n) is 14.0. The third-order valence-electron chi connectivity index (χ3n) is 5.27. The lowest BCUT2D eigenvalue weighted by Crippen LogP contribution is -2.54. The summed E-state index contributed by atoms with van der Waals surface area (Å²) in [6.45, 7) is 2.40. The van der Waals surface area contributed by atoms with E-state index in [1.54, 1.807) is 24.5 Å². The van der Waals surface area contributed by atoms with Gasteiger partial charge in [-0.2, -0.15) is 5.26 Å². The van der Waals surface area contributed by atoms with Gasteiger partial charge in [0.1, 0.15) is 0 Å². The molecule has 2 unspecified atom stereocenters. The molecular formula is C20H20N4O. The van der Waals surface area contributed by atoms with E-state index in [4.69, 9.17) is 5.26 Å². The van der Waals surface area contributed by atoms with Crippen LogP contribution in [-0.2, 0) is 6.54 Å². The Balaban J connectivity index is 1.47. The molecule has 3 heterocycles. The average molecular weight is 332 g/mol. The maximum Gasteiger partial charge on any atom is 0.254 e. The second kappa shape index (κ2) is 6.66. The lowest BCUT2D eigenvalue weighted by atomic mass is 10.1. The van der Waals surface area contributed by atoms with Crippen molar-refractivity contribution in [2.45, 2.75) is 31.5 Å². The lowest BCUT2D eigenvalue weighted by molar-refractivity contribution is 0.0423. The quantitative estimate of drug-likeness (QED) is 0.866. The minimum atomic E-state index is 0.102. The smallest absolute Gasteiger partial charge is 0.254 e. The SMILES string of the molecule is N#Cc1cccc(CN2C3CCC2CN(C(=O)c2ccncc2)C3)c1.